The molecule has 184 valence electrons. The summed E-state index contributed by atoms with van der Waals surface area (Å²) in [5.74, 6) is -0.492. The van der Waals surface area contributed by atoms with Crippen molar-refractivity contribution in [2.75, 3.05) is 13.1 Å². The van der Waals surface area contributed by atoms with Gasteiger partial charge in [0.1, 0.15) is 6.04 Å². The molecule has 2 unspecified atom stereocenters. The maximum atomic E-state index is 13.1. The van der Waals surface area contributed by atoms with Crippen LogP contribution >= 0.6 is 0 Å². The van der Waals surface area contributed by atoms with E-state index in [1.54, 1.807) is 11.8 Å². The lowest BCUT2D eigenvalue weighted by molar-refractivity contribution is -0.137. The molecule has 6 nitrogen and oxygen atoms in total. The molecule has 33 heavy (non-hydrogen) atoms. The molecule has 0 bridgehead atoms. The summed E-state index contributed by atoms with van der Waals surface area (Å²) in [7, 11) is 0. The quantitative estimate of drug-likeness (QED) is 0.573. The normalized spacial score (nSPS) is 27.2. The van der Waals surface area contributed by atoms with Crippen LogP contribution in [0, 0.1) is 11.8 Å². The molecule has 3 rings (SSSR count). The Morgan fingerprint density at radius 1 is 1.21 bits per heavy atom. The van der Waals surface area contributed by atoms with Gasteiger partial charge in [-0.2, -0.15) is 13.2 Å². The fourth-order valence-electron chi connectivity index (χ4n) is 4.93. The minimum atomic E-state index is -4.55. The van der Waals surface area contributed by atoms with Gasteiger partial charge in [-0.1, -0.05) is 19.9 Å². The number of aliphatic hydroxyl groups is 1. The molecule has 1 aromatic rings. The van der Waals surface area contributed by atoms with E-state index in [2.05, 4.69) is 24.5 Å². The van der Waals surface area contributed by atoms with Crippen LogP contribution < -0.4 is 10.6 Å². The number of amides is 2. The number of hydrogen-bond acceptors (Lipinski definition) is 4. The van der Waals surface area contributed by atoms with E-state index in [1.165, 1.54) is 12.1 Å². The predicted octanol–water partition coefficient (Wildman–Crippen LogP) is 3.20. The number of halogens is 3. The lowest BCUT2D eigenvalue weighted by Crippen LogP contribution is -2.53. The number of benzene rings is 1. The second-order valence-corrected chi connectivity index (χ2v) is 9.71. The summed E-state index contributed by atoms with van der Waals surface area (Å²) in [6, 6.07) is 3.57. The first-order chi connectivity index (χ1) is 15.5. The molecule has 1 aliphatic heterocycles. The van der Waals surface area contributed by atoms with E-state index >= 15 is 0 Å². The summed E-state index contributed by atoms with van der Waals surface area (Å²) in [6.45, 7) is 7.37. The van der Waals surface area contributed by atoms with Gasteiger partial charge in [0.25, 0.3) is 5.91 Å². The molecule has 1 saturated heterocycles. The van der Waals surface area contributed by atoms with Crippen molar-refractivity contribution < 1.29 is 27.9 Å². The van der Waals surface area contributed by atoms with Crippen LogP contribution in [0.15, 0.2) is 24.3 Å². The first-order valence-corrected chi connectivity index (χ1v) is 11.7. The van der Waals surface area contributed by atoms with Crippen LogP contribution in [-0.4, -0.2) is 59.1 Å². The molecule has 1 aromatic carbocycles. The molecule has 9 heteroatoms. The Bertz CT molecular complexity index is 844. The second-order valence-electron chi connectivity index (χ2n) is 9.71. The van der Waals surface area contributed by atoms with Gasteiger partial charge in [-0.3, -0.25) is 9.59 Å². The molecular formula is C24H34F3N3O3. The summed E-state index contributed by atoms with van der Waals surface area (Å²) in [4.78, 5) is 27.4. The van der Waals surface area contributed by atoms with Crippen molar-refractivity contribution in [2.24, 2.45) is 11.8 Å². The molecule has 2 fully saturated rings. The summed E-state index contributed by atoms with van der Waals surface area (Å²) >= 11 is 0. The van der Waals surface area contributed by atoms with E-state index in [0.29, 0.717) is 18.9 Å². The standard InChI is InChI=1S/C24H34F3N3O3/c1-14(2)13-28-18-7-8-21(19(12-18)15(3)31)30-10-9-20(23(30)33)29-22(32)16-5-4-6-17(11-16)24(25,26)27/h4-6,11,14-15,18-21,28,31H,7-10,12-13H2,1-3H3,(H,29,32)/t15?,18-,19+,20?,21+/m1/s1. The third-order valence-corrected chi connectivity index (χ3v) is 6.69. The molecule has 1 heterocycles. The number of likely N-dealkylation sites (tertiary alicyclic amines) is 1. The molecular weight excluding hydrogens is 435 g/mol. The SMILES string of the molecule is CC(C)CN[C@@H]1CC[C@H](N2CCC(NC(=O)c3cccc(C(F)(F)F)c3)C2=O)[C@H](C(C)O)C1. The first kappa shape index (κ1) is 25.5. The maximum absolute atomic E-state index is 13.1. The van der Waals surface area contributed by atoms with Crippen molar-refractivity contribution >= 4 is 11.8 Å². The van der Waals surface area contributed by atoms with Crippen LogP contribution in [0.4, 0.5) is 13.2 Å². The first-order valence-electron chi connectivity index (χ1n) is 11.7. The highest BCUT2D eigenvalue weighted by Gasteiger charge is 2.43. The molecule has 1 saturated carbocycles. The second kappa shape index (κ2) is 10.4. The van der Waals surface area contributed by atoms with Crippen molar-refractivity contribution in [2.45, 2.75) is 76.9 Å². The molecule has 0 radical (unpaired) electrons. The van der Waals surface area contributed by atoms with Gasteiger partial charge >= 0.3 is 6.18 Å². The zero-order valence-electron chi connectivity index (χ0n) is 19.4. The van der Waals surface area contributed by atoms with Gasteiger partial charge in [0.15, 0.2) is 0 Å². The van der Waals surface area contributed by atoms with Gasteiger partial charge in [-0.25, -0.2) is 0 Å². The topological polar surface area (TPSA) is 81.7 Å². The fraction of sp³-hybridized carbons (Fsp3) is 0.667. The summed E-state index contributed by atoms with van der Waals surface area (Å²) in [6.07, 6.45) is -2.32. The highest BCUT2D eigenvalue weighted by Crippen LogP contribution is 2.34. The third kappa shape index (κ3) is 6.26. The number of carbonyl (C=O) groups is 2. The highest BCUT2D eigenvalue weighted by atomic mass is 19.4. The highest BCUT2D eigenvalue weighted by molar-refractivity contribution is 5.98. The van der Waals surface area contributed by atoms with Crippen molar-refractivity contribution in [3.63, 3.8) is 0 Å². The van der Waals surface area contributed by atoms with Gasteiger partial charge in [0, 0.05) is 30.1 Å². The number of hydrogen-bond donors (Lipinski definition) is 3. The van der Waals surface area contributed by atoms with E-state index < -0.39 is 29.8 Å². The van der Waals surface area contributed by atoms with Crippen LogP contribution in [0.3, 0.4) is 0 Å². The van der Waals surface area contributed by atoms with E-state index in [4.69, 9.17) is 0 Å². The van der Waals surface area contributed by atoms with Gasteiger partial charge in [0.05, 0.1) is 11.7 Å². The number of aliphatic hydroxyl groups excluding tert-OH is 1. The minimum Gasteiger partial charge on any atom is -0.393 e. The Morgan fingerprint density at radius 3 is 2.58 bits per heavy atom. The Hall–Kier alpha value is -2.13. The van der Waals surface area contributed by atoms with Crippen LogP contribution in [0.25, 0.3) is 0 Å². The lowest BCUT2D eigenvalue weighted by atomic mass is 9.78. The number of rotatable bonds is 7. The Morgan fingerprint density at radius 2 is 1.94 bits per heavy atom. The summed E-state index contributed by atoms with van der Waals surface area (Å²) in [5.41, 5.74) is -1.04. The average Bonchev–Trinajstić information content (AvgIpc) is 3.11. The monoisotopic (exact) mass is 469 g/mol. The van der Waals surface area contributed by atoms with Crippen molar-refractivity contribution in [3.8, 4) is 0 Å². The number of nitrogens with zero attached hydrogens (tertiary/aromatic N) is 1. The molecule has 3 N–H and O–H groups in total. The molecule has 5 atom stereocenters. The van der Waals surface area contributed by atoms with Gasteiger partial charge in [-0.05, 0) is 63.3 Å². The van der Waals surface area contributed by atoms with Crippen molar-refractivity contribution in [1.29, 1.82) is 0 Å². The van der Waals surface area contributed by atoms with Gasteiger partial charge in [-0.15, -0.1) is 0 Å². The minimum absolute atomic E-state index is 0.0784. The van der Waals surface area contributed by atoms with Crippen molar-refractivity contribution in [1.82, 2.24) is 15.5 Å². The molecule has 0 spiro atoms. The zero-order valence-corrected chi connectivity index (χ0v) is 19.4. The fourth-order valence-corrected chi connectivity index (χ4v) is 4.93. The van der Waals surface area contributed by atoms with Crippen LogP contribution in [-0.2, 0) is 11.0 Å². The van der Waals surface area contributed by atoms with Crippen molar-refractivity contribution in [3.05, 3.63) is 35.4 Å². The molecule has 0 aromatic heterocycles. The number of alkyl halides is 3. The molecule has 2 aliphatic rings. The van der Waals surface area contributed by atoms with E-state index in [9.17, 15) is 27.9 Å². The Kier molecular flexibility index (Phi) is 8.05. The predicted molar refractivity (Wildman–Crippen MR) is 118 cm³/mol. The third-order valence-electron chi connectivity index (χ3n) is 6.69. The zero-order chi connectivity index (χ0) is 24.3. The van der Waals surface area contributed by atoms with Gasteiger partial charge < -0.3 is 20.6 Å². The number of nitrogens with one attached hydrogen (secondary N) is 2. The van der Waals surface area contributed by atoms with Crippen LogP contribution in [0.5, 0.6) is 0 Å². The van der Waals surface area contributed by atoms with Crippen LogP contribution in [0.1, 0.15) is 62.4 Å². The van der Waals surface area contributed by atoms with Gasteiger partial charge in [0.2, 0.25) is 5.91 Å². The average molecular weight is 470 g/mol. The number of carbonyl (C=O) groups excluding carboxylic acids is 2. The Labute approximate surface area is 192 Å². The largest absolute Gasteiger partial charge is 0.416 e. The lowest BCUT2D eigenvalue weighted by Gasteiger charge is -2.42. The van der Waals surface area contributed by atoms with E-state index in [-0.39, 0.29) is 29.5 Å². The maximum Gasteiger partial charge on any atom is 0.416 e. The van der Waals surface area contributed by atoms with Crippen LogP contribution in [0.2, 0.25) is 0 Å². The summed E-state index contributed by atoms with van der Waals surface area (Å²) in [5, 5.41) is 16.6. The summed E-state index contributed by atoms with van der Waals surface area (Å²) < 4.78 is 38.9. The van der Waals surface area contributed by atoms with E-state index in [0.717, 1.165) is 37.9 Å². The molecule has 2 amide bonds. The molecule has 1 aliphatic carbocycles. The smallest absolute Gasteiger partial charge is 0.393 e. The van der Waals surface area contributed by atoms with E-state index in [1.807, 2.05) is 0 Å². The Balaban J connectivity index is 1.64.